The maximum atomic E-state index is 12.7. The molecule has 1 saturated carbocycles. The predicted octanol–water partition coefficient (Wildman–Crippen LogP) is 3.58. The molecule has 3 fully saturated rings. The summed E-state index contributed by atoms with van der Waals surface area (Å²) in [5.74, 6) is 0.759. The molecule has 1 atom stereocenters. The number of carbonyl (C=O) groups is 2. The fraction of sp³-hybridized carbons (Fsp3) is 0.652. The van der Waals surface area contributed by atoms with Crippen LogP contribution >= 0.6 is 0 Å². The minimum Gasteiger partial charge on any atom is -0.378 e. The van der Waals surface area contributed by atoms with Crippen LogP contribution in [0.3, 0.4) is 0 Å². The Bertz CT molecular complexity index is 765. The van der Waals surface area contributed by atoms with E-state index in [-0.39, 0.29) is 17.4 Å². The van der Waals surface area contributed by atoms with Crippen molar-refractivity contribution < 1.29 is 14.3 Å². The molecule has 3 amide bonds. The van der Waals surface area contributed by atoms with Crippen molar-refractivity contribution in [2.75, 3.05) is 44.7 Å². The van der Waals surface area contributed by atoms with Crippen molar-refractivity contribution in [1.82, 2.24) is 9.80 Å². The molecule has 1 spiro atoms. The molecule has 4 rings (SSSR count). The molecule has 158 valence electrons. The van der Waals surface area contributed by atoms with Crippen LogP contribution in [0, 0.1) is 25.2 Å². The van der Waals surface area contributed by atoms with Crippen molar-refractivity contribution >= 4 is 17.6 Å². The summed E-state index contributed by atoms with van der Waals surface area (Å²) < 4.78 is 5.36. The van der Waals surface area contributed by atoms with Crippen molar-refractivity contribution in [2.24, 2.45) is 11.3 Å². The molecule has 0 aromatic heterocycles. The maximum absolute atomic E-state index is 12.7. The third kappa shape index (κ3) is 4.27. The van der Waals surface area contributed by atoms with Crippen LogP contribution in [0.4, 0.5) is 10.5 Å². The van der Waals surface area contributed by atoms with E-state index in [1.54, 1.807) is 0 Å². The van der Waals surface area contributed by atoms with Crippen LogP contribution in [-0.4, -0.2) is 61.1 Å². The summed E-state index contributed by atoms with van der Waals surface area (Å²) in [7, 11) is 0. The van der Waals surface area contributed by atoms with E-state index in [4.69, 9.17) is 4.74 Å². The first-order chi connectivity index (χ1) is 14.0. The largest absolute Gasteiger partial charge is 0.378 e. The smallest absolute Gasteiger partial charge is 0.321 e. The second kappa shape index (κ2) is 8.34. The molecule has 1 N–H and O–H groups in total. The van der Waals surface area contributed by atoms with Gasteiger partial charge < -0.3 is 19.9 Å². The van der Waals surface area contributed by atoms with Crippen LogP contribution in [-0.2, 0) is 9.53 Å². The molecule has 1 aromatic carbocycles. The lowest BCUT2D eigenvalue weighted by Gasteiger charge is -2.54. The van der Waals surface area contributed by atoms with E-state index >= 15 is 0 Å². The zero-order valence-corrected chi connectivity index (χ0v) is 17.7. The summed E-state index contributed by atoms with van der Waals surface area (Å²) in [5.41, 5.74) is 3.44. The van der Waals surface area contributed by atoms with E-state index in [1.165, 1.54) is 12.0 Å². The molecule has 3 aliphatic rings. The number of benzene rings is 1. The van der Waals surface area contributed by atoms with Crippen molar-refractivity contribution in [1.29, 1.82) is 0 Å². The monoisotopic (exact) mass is 399 g/mol. The number of likely N-dealkylation sites (tertiary alicyclic amines) is 1. The zero-order chi connectivity index (χ0) is 20.4. The molecule has 6 heteroatoms. The van der Waals surface area contributed by atoms with E-state index in [1.807, 2.05) is 28.9 Å². The second-order valence-corrected chi connectivity index (χ2v) is 9.03. The fourth-order valence-corrected chi connectivity index (χ4v) is 5.19. The Morgan fingerprint density at radius 2 is 1.79 bits per heavy atom. The lowest BCUT2D eigenvalue weighted by atomic mass is 9.54. The SMILES string of the molecule is Cc1ccc(NC(=O)N2CCC3(CCC3CC(=O)N3CCOCC3)CC2)c(C)c1. The summed E-state index contributed by atoms with van der Waals surface area (Å²) in [4.78, 5) is 29.3. The van der Waals surface area contributed by atoms with Crippen LogP contribution in [0.15, 0.2) is 18.2 Å². The number of piperidine rings is 1. The van der Waals surface area contributed by atoms with E-state index < -0.39 is 0 Å². The standard InChI is InChI=1S/C23H33N3O3/c1-17-3-4-20(18(2)15-17)24-22(28)26-9-7-23(8-10-26)6-5-19(23)16-21(27)25-11-13-29-14-12-25/h3-4,15,19H,5-14,16H2,1-2H3,(H,24,28). The number of carbonyl (C=O) groups excluding carboxylic acids is 2. The number of hydrogen-bond donors (Lipinski definition) is 1. The number of amides is 3. The molecule has 1 aliphatic carbocycles. The molecule has 2 saturated heterocycles. The highest BCUT2D eigenvalue weighted by molar-refractivity contribution is 5.90. The molecule has 1 unspecified atom stereocenters. The Kier molecular flexibility index (Phi) is 5.81. The average molecular weight is 400 g/mol. The van der Waals surface area contributed by atoms with Gasteiger partial charge in [0.2, 0.25) is 5.91 Å². The van der Waals surface area contributed by atoms with Gasteiger partial charge in [-0.25, -0.2) is 4.79 Å². The normalized spacial score (nSPS) is 23.6. The number of nitrogens with zero attached hydrogens (tertiary/aromatic N) is 2. The first-order valence-corrected chi connectivity index (χ1v) is 11.0. The van der Waals surface area contributed by atoms with Gasteiger partial charge in [-0.15, -0.1) is 0 Å². The number of urea groups is 1. The lowest BCUT2D eigenvalue weighted by Crippen LogP contribution is -2.53. The second-order valence-electron chi connectivity index (χ2n) is 9.03. The lowest BCUT2D eigenvalue weighted by molar-refractivity contribution is -0.140. The van der Waals surface area contributed by atoms with Gasteiger partial charge in [0.05, 0.1) is 13.2 Å². The summed E-state index contributed by atoms with van der Waals surface area (Å²) in [5, 5.41) is 3.07. The molecule has 2 heterocycles. The van der Waals surface area contributed by atoms with Crippen molar-refractivity contribution in [3.63, 3.8) is 0 Å². The van der Waals surface area contributed by atoms with Crippen LogP contribution in [0.1, 0.15) is 43.2 Å². The highest BCUT2D eigenvalue weighted by atomic mass is 16.5. The van der Waals surface area contributed by atoms with E-state index in [2.05, 4.69) is 18.3 Å². The summed E-state index contributed by atoms with van der Waals surface area (Å²) >= 11 is 0. The van der Waals surface area contributed by atoms with Gasteiger partial charge in [0.1, 0.15) is 0 Å². The Morgan fingerprint density at radius 1 is 1.07 bits per heavy atom. The number of rotatable bonds is 3. The maximum Gasteiger partial charge on any atom is 0.321 e. The van der Waals surface area contributed by atoms with Gasteiger partial charge in [-0.3, -0.25) is 4.79 Å². The molecular formula is C23H33N3O3. The average Bonchev–Trinajstić information content (AvgIpc) is 2.73. The number of nitrogens with one attached hydrogen (secondary N) is 1. The van der Waals surface area contributed by atoms with Gasteiger partial charge in [-0.05, 0) is 62.5 Å². The number of hydrogen-bond acceptors (Lipinski definition) is 3. The number of ether oxygens (including phenoxy) is 1. The van der Waals surface area contributed by atoms with Crippen molar-refractivity contribution in [3.8, 4) is 0 Å². The highest BCUT2D eigenvalue weighted by Gasteiger charge is 2.49. The van der Waals surface area contributed by atoms with Gasteiger partial charge in [0.25, 0.3) is 0 Å². The van der Waals surface area contributed by atoms with Gasteiger partial charge in [0, 0.05) is 38.3 Å². The third-order valence-corrected chi connectivity index (χ3v) is 7.31. The van der Waals surface area contributed by atoms with Crippen molar-refractivity contribution in [2.45, 2.75) is 46.0 Å². The number of anilines is 1. The topological polar surface area (TPSA) is 61.9 Å². The van der Waals surface area contributed by atoms with E-state index in [9.17, 15) is 9.59 Å². The van der Waals surface area contributed by atoms with E-state index in [0.717, 1.165) is 56.7 Å². The summed E-state index contributed by atoms with van der Waals surface area (Å²) in [6.07, 6.45) is 5.02. The summed E-state index contributed by atoms with van der Waals surface area (Å²) in [6, 6.07) is 6.09. The quantitative estimate of drug-likeness (QED) is 0.845. The van der Waals surface area contributed by atoms with Crippen molar-refractivity contribution in [3.05, 3.63) is 29.3 Å². The molecule has 6 nitrogen and oxygen atoms in total. The van der Waals surface area contributed by atoms with Gasteiger partial charge in [-0.1, -0.05) is 17.7 Å². The van der Waals surface area contributed by atoms with Crippen LogP contribution in [0.2, 0.25) is 0 Å². The van der Waals surface area contributed by atoms with Gasteiger partial charge >= 0.3 is 6.03 Å². The Balaban J connectivity index is 1.29. The van der Waals surface area contributed by atoms with Crippen LogP contribution < -0.4 is 5.32 Å². The Morgan fingerprint density at radius 3 is 2.41 bits per heavy atom. The molecule has 0 radical (unpaired) electrons. The Labute approximate surface area is 173 Å². The molecule has 29 heavy (non-hydrogen) atoms. The minimum atomic E-state index is -0.00734. The van der Waals surface area contributed by atoms with Crippen LogP contribution in [0.5, 0.6) is 0 Å². The van der Waals surface area contributed by atoms with Crippen LogP contribution in [0.25, 0.3) is 0 Å². The fourth-order valence-electron chi connectivity index (χ4n) is 5.19. The number of aryl methyl sites for hydroxylation is 2. The first kappa shape index (κ1) is 20.2. The number of morpholine rings is 1. The molecule has 1 aromatic rings. The molecule has 0 bridgehead atoms. The third-order valence-electron chi connectivity index (χ3n) is 7.31. The predicted molar refractivity (Wildman–Crippen MR) is 113 cm³/mol. The van der Waals surface area contributed by atoms with Gasteiger partial charge in [0.15, 0.2) is 0 Å². The van der Waals surface area contributed by atoms with E-state index in [0.29, 0.717) is 25.6 Å². The minimum absolute atomic E-state index is 0.00734. The molecule has 2 aliphatic heterocycles. The zero-order valence-electron chi connectivity index (χ0n) is 17.7. The molecular weight excluding hydrogens is 366 g/mol. The highest BCUT2D eigenvalue weighted by Crippen LogP contribution is 2.55. The Hall–Kier alpha value is -2.08. The summed E-state index contributed by atoms with van der Waals surface area (Å²) in [6.45, 7) is 8.41. The van der Waals surface area contributed by atoms with Gasteiger partial charge in [-0.2, -0.15) is 0 Å². The first-order valence-electron chi connectivity index (χ1n) is 11.0.